The fourth-order valence-electron chi connectivity index (χ4n) is 4.26. The number of carbonyl (C=O) groups is 1. The van der Waals surface area contributed by atoms with E-state index in [9.17, 15) is 18.7 Å². The SMILES string of the molecule is C[C@@H](c1ccc(-c2ccc(F)cc2)cc1)N1CCC(CCO)(c2ccc(F)cc2)OC1=O. The van der Waals surface area contributed by atoms with Crippen molar-refractivity contribution < 1.29 is 23.4 Å². The molecule has 1 amide bonds. The van der Waals surface area contributed by atoms with E-state index in [0.29, 0.717) is 18.5 Å². The van der Waals surface area contributed by atoms with E-state index in [1.165, 1.54) is 24.3 Å². The largest absolute Gasteiger partial charge is 0.438 e. The Kier molecular flexibility index (Phi) is 6.24. The Labute approximate surface area is 186 Å². The summed E-state index contributed by atoms with van der Waals surface area (Å²) in [6.45, 7) is 2.23. The second-order valence-electron chi connectivity index (χ2n) is 8.09. The number of nitrogens with zero attached hydrogens (tertiary/aromatic N) is 1. The molecule has 1 fully saturated rings. The summed E-state index contributed by atoms with van der Waals surface area (Å²) in [5.41, 5.74) is 2.53. The molecule has 1 N–H and O–H groups in total. The lowest BCUT2D eigenvalue weighted by Gasteiger charge is -2.43. The number of hydrogen-bond donors (Lipinski definition) is 1. The van der Waals surface area contributed by atoms with Crippen LogP contribution in [0.4, 0.5) is 13.6 Å². The van der Waals surface area contributed by atoms with Crippen molar-refractivity contribution in [2.24, 2.45) is 0 Å². The molecule has 166 valence electrons. The van der Waals surface area contributed by atoms with Crippen molar-refractivity contribution in [1.82, 2.24) is 4.90 Å². The number of carbonyl (C=O) groups excluding carboxylic acids is 1. The molecule has 1 unspecified atom stereocenters. The standard InChI is InChI=1S/C26H25F2NO3/c1-18(19-2-4-20(5-3-19)21-6-10-23(27)11-7-21)29-16-14-26(15-17-30,32-25(29)31)22-8-12-24(28)13-9-22/h2-13,18,30H,14-17H2,1H3/t18-,26?/m0/s1. The average molecular weight is 437 g/mol. The van der Waals surface area contributed by atoms with Crippen LogP contribution in [0.3, 0.4) is 0 Å². The van der Waals surface area contributed by atoms with Gasteiger partial charge in [0.25, 0.3) is 0 Å². The highest BCUT2D eigenvalue weighted by atomic mass is 19.1. The van der Waals surface area contributed by atoms with Crippen LogP contribution in [0.15, 0.2) is 72.8 Å². The third kappa shape index (κ3) is 4.36. The molecule has 1 heterocycles. The molecule has 4 nitrogen and oxygen atoms in total. The number of hydrogen-bond acceptors (Lipinski definition) is 3. The van der Waals surface area contributed by atoms with Gasteiger partial charge in [0.05, 0.1) is 6.04 Å². The van der Waals surface area contributed by atoms with Crippen LogP contribution in [0.1, 0.15) is 36.9 Å². The molecule has 1 aliphatic rings. The smallest absolute Gasteiger partial charge is 0.411 e. The van der Waals surface area contributed by atoms with Crippen molar-refractivity contribution in [1.29, 1.82) is 0 Å². The van der Waals surface area contributed by atoms with Crippen molar-refractivity contribution in [2.45, 2.75) is 31.4 Å². The van der Waals surface area contributed by atoms with Gasteiger partial charge < -0.3 is 14.7 Å². The third-order valence-electron chi connectivity index (χ3n) is 6.20. The van der Waals surface area contributed by atoms with Crippen LogP contribution in [0.25, 0.3) is 11.1 Å². The topological polar surface area (TPSA) is 49.8 Å². The van der Waals surface area contributed by atoms with Crippen LogP contribution in [-0.4, -0.2) is 29.3 Å². The molecule has 0 spiro atoms. The first-order chi connectivity index (χ1) is 15.4. The van der Waals surface area contributed by atoms with Gasteiger partial charge in [-0.3, -0.25) is 0 Å². The monoisotopic (exact) mass is 437 g/mol. The van der Waals surface area contributed by atoms with E-state index in [1.54, 1.807) is 29.2 Å². The number of amides is 1. The van der Waals surface area contributed by atoms with Gasteiger partial charge >= 0.3 is 6.09 Å². The number of ether oxygens (including phenoxy) is 1. The lowest BCUT2D eigenvalue weighted by molar-refractivity contribution is -0.0718. The first kappa shape index (κ1) is 22.0. The van der Waals surface area contributed by atoms with Crippen LogP contribution < -0.4 is 0 Å². The van der Waals surface area contributed by atoms with Crippen molar-refractivity contribution in [3.63, 3.8) is 0 Å². The minimum atomic E-state index is -0.970. The normalized spacial score (nSPS) is 19.5. The second-order valence-corrected chi connectivity index (χ2v) is 8.09. The maximum absolute atomic E-state index is 13.4. The third-order valence-corrected chi connectivity index (χ3v) is 6.20. The molecule has 0 aliphatic carbocycles. The lowest BCUT2D eigenvalue weighted by atomic mass is 9.85. The molecule has 0 radical (unpaired) electrons. The quantitative estimate of drug-likeness (QED) is 0.529. The number of aliphatic hydroxyl groups is 1. The van der Waals surface area contributed by atoms with Gasteiger partial charge in [0.1, 0.15) is 17.2 Å². The molecule has 3 aromatic carbocycles. The Morgan fingerprint density at radius 1 is 0.938 bits per heavy atom. The van der Waals surface area contributed by atoms with Crippen LogP contribution in [-0.2, 0) is 10.3 Å². The van der Waals surface area contributed by atoms with E-state index in [0.717, 1.165) is 16.7 Å². The lowest BCUT2D eigenvalue weighted by Crippen LogP contribution is -2.49. The molecule has 0 bridgehead atoms. The molecular formula is C26H25F2NO3. The fourth-order valence-corrected chi connectivity index (χ4v) is 4.26. The zero-order valence-electron chi connectivity index (χ0n) is 17.8. The predicted octanol–water partition coefficient (Wildman–Crippen LogP) is 5.81. The van der Waals surface area contributed by atoms with Crippen LogP contribution >= 0.6 is 0 Å². The number of benzene rings is 3. The summed E-state index contributed by atoms with van der Waals surface area (Å²) in [6, 6.07) is 19.8. The number of cyclic esters (lactones) is 1. The summed E-state index contributed by atoms with van der Waals surface area (Å²) in [5.74, 6) is -0.644. The van der Waals surface area contributed by atoms with Gasteiger partial charge in [0.15, 0.2) is 0 Å². The molecule has 6 heteroatoms. The Morgan fingerprint density at radius 2 is 1.47 bits per heavy atom. The number of rotatable bonds is 6. The molecule has 0 aromatic heterocycles. The maximum atomic E-state index is 13.4. The van der Waals surface area contributed by atoms with Gasteiger partial charge in [-0.1, -0.05) is 48.5 Å². The van der Waals surface area contributed by atoms with Crippen molar-refractivity contribution in [3.05, 3.63) is 95.6 Å². The maximum Gasteiger partial charge on any atom is 0.411 e. The molecule has 32 heavy (non-hydrogen) atoms. The summed E-state index contributed by atoms with van der Waals surface area (Å²) >= 11 is 0. The molecule has 1 saturated heterocycles. The summed E-state index contributed by atoms with van der Waals surface area (Å²) in [7, 11) is 0. The highest BCUT2D eigenvalue weighted by Crippen LogP contribution is 2.39. The Morgan fingerprint density at radius 3 is 2.00 bits per heavy atom. The highest BCUT2D eigenvalue weighted by Gasteiger charge is 2.43. The van der Waals surface area contributed by atoms with Gasteiger partial charge in [0.2, 0.25) is 0 Å². The predicted molar refractivity (Wildman–Crippen MR) is 118 cm³/mol. The highest BCUT2D eigenvalue weighted by molar-refractivity contribution is 5.70. The Bertz CT molecular complexity index is 1070. The minimum absolute atomic E-state index is 0.148. The number of aliphatic hydroxyl groups excluding tert-OH is 1. The summed E-state index contributed by atoms with van der Waals surface area (Å²) < 4.78 is 32.4. The summed E-state index contributed by atoms with van der Waals surface area (Å²) in [4.78, 5) is 14.6. The van der Waals surface area contributed by atoms with E-state index in [1.807, 2.05) is 31.2 Å². The molecule has 1 aliphatic heterocycles. The number of halogens is 2. The Hall–Kier alpha value is -3.25. The van der Waals surface area contributed by atoms with Crippen LogP contribution in [0, 0.1) is 11.6 Å². The van der Waals surface area contributed by atoms with Crippen molar-refractivity contribution in [3.8, 4) is 11.1 Å². The van der Waals surface area contributed by atoms with Crippen LogP contribution in [0.2, 0.25) is 0 Å². The summed E-state index contributed by atoms with van der Waals surface area (Å²) in [6.07, 6.45) is 0.270. The first-order valence-corrected chi connectivity index (χ1v) is 10.6. The van der Waals surface area contributed by atoms with E-state index in [2.05, 4.69) is 0 Å². The van der Waals surface area contributed by atoms with Gasteiger partial charge in [-0.15, -0.1) is 0 Å². The van der Waals surface area contributed by atoms with E-state index in [4.69, 9.17) is 4.74 Å². The minimum Gasteiger partial charge on any atom is -0.438 e. The Balaban J connectivity index is 1.50. The zero-order valence-corrected chi connectivity index (χ0v) is 17.8. The zero-order chi connectivity index (χ0) is 22.7. The fraction of sp³-hybridized carbons (Fsp3) is 0.269. The molecule has 2 atom stereocenters. The van der Waals surface area contributed by atoms with E-state index >= 15 is 0 Å². The summed E-state index contributed by atoms with van der Waals surface area (Å²) in [5, 5.41) is 9.57. The molecule has 0 saturated carbocycles. The van der Waals surface area contributed by atoms with Gasteiger partial charge in [-0.05, 0) is 53.4 Å². The van der Waals surface area contributed by atoms with E-state index in [-0.39, 0.29) is 30.7 Å². The molecule has 3 aromatic rings. The van der Waals surface area contributed by atoms with Crippen molar-refractivity contribution in [2.75, 3.05) is 13.2 Å². The molecule has 4 rings (SSSR count). The van der Waals surface area contributed by atoms with Crippen LogP contribution in [0.5, 0.6) is 0 Å². The second kappa shape index (κ2) is 9.09. The first-order valence-electron chi connectivity index (χ1n) is 10.6. The van der Waals surface area contributed by atoms with E-state index < -0.39 is 11.7 Å². The van der Waals surface area contributed by atoms with Gasteiger partial charge in [-0.2, -0.15) is 0 Å². The van der Waals surface area contributed by atoms with Crippen molar-refractivity contribution >= 4 is 6.09 Å². The molecular weight excluding hydrogens is 412 g/mol. The average Bonchev–Trinajstić information content (AvgIpc) is 2.80. The van der Waals surface area contributed by atoms with Gasteiger partial charge in [0, 0.05) is 26.0 Å². The van der Waals surface area contributed by atoms with Gasteiger partial charge in [-0.25, -0.2) is 13.6 Å².